The summed E-state index contributed by atoms with van der Waals surface area (Å²) in [6.45, 7) is 3.05. The SMILES string of the molecule is CCCNc1ccc(-c2ccc(NC(=O)c3cc([N+](=O)[O-])ccc3Cl)cc2)cc1. The maximum Gasteiger partial charge on any atom is 0.270 e. The van der Waals surface area contributed by atoms with Gasteiger partial charge in [-0.15, -0.1) is 0 Å². The third-order valence-electron chi connectivity index (χ3n) is 4.35. The van der Waals surface area contributed by atoms with Crippen LogP contribution in [0.3, 0.4) is 0 Å². The van der Waals surface area contributed by atoms with Crippen LogP contribution in [0.25, 0.3) is 11.1 Å². The summed E-state index contributed by atoms with van der Waals surface area (Å²) in [4.78, 5) is 22.8. The fraction of sp³-hybridized carbons (Fsp3) is 0.136. The molecule has 2 N–H and O–H groups in total. The van der Waals surface area contributed by atoms with Crippen LogP contribution in [0.2, 0.25) is 5.02 Å². The van der Waals surface area contributed by atoms with E-state index in [0.29, 0.717) is 5.69 Å². The highest BCUT2D eigenvalue weighted by Gasteiger charge is 2.16. The first-order valence-electron chi connectivity index (χ1n) is 9.17. The second kappa shape index (κ2) is 9.21. The number of nitro groups is 1. The van der Waals surface area contributed by atoms with E-state index in [1.165, 1.54) is 18.2 Å². The van der Waals surface area contributed by atoms with Gasteiger partial charge in [-0.05, 0) is 47.9 Å². The lowest BCUT2D eigenvalue weighted by Crippen LogP contribution is -2.12. The monoisotopic (exact) mass is 409 g/mol. The quantitative estimate of drug-likeness (QED) is 0.370. The molecule has 0 aliphatic rings. The van der Waals surface area contributed by atoms with Crippen LogP contribution in [0.15, 0.2) is 66.7 Å². The number of nitro benzene ring substituents is 1. The fourth-order valence-electron chi connectivity index (χ4n) is 2.80. The molecule has 3 aromatic rings. The Kier molecular flexibility index (Phi) is 6.46. The zero-order valence-corrected chi connectivity index (χ0v) is 16.6. The summed E-state index contributed by atoms with van der Waals surface area (Å²) in [5.74, 6) is -0.502. The van der Waals surface area contributed by atoms with Crippen molar-refractivity contribution in [2.24, 2.45) is 0 Å². The lowest BCUT2D eigenvalue weighted by molar-refractivity contribution is -0.384. The van der Waals surface area contributed by atoms with Gasteiger partial charge in [0.25, 0.3) is 11.6 Å². The maximum atomic E-state index is 12.5. The molecule has 6 nitrogen and oxygen atoms in total. The number of halogens is 1. The second-order valence-electron chi connectivity index (χ2n) is 6.46. The molecule has 0 aliphatic carbocycles. The molecule has 0 saturated heterocycles. The molecule has 3 rings (SSSR count). The van der Waals surface area contributed by atoms with Crippen LogP contribution >= 0.6 is 11.6 Å². The fourth-order valence-corrected chi connectivity index (χ4v) is 3.00. The molecule has 0 radical (unpaired) electrons. The highest BCUT2D eigenvalue weighted by Crippen LogP contribution is 2.25. The van der Waals surface area contributed by atoms with Crippen molar-refractivity contribution in [2.75, 3.05) is 17.2 Å². The van der Waals surface area contributed by atoms with Gasteiger partial charge >= 0.3 is 0 Å². The lowest BCUT2D eigenvalue weighted by Gasteiger charge is -2.09. The van der Waals surface area contributed by atoms with Gasteiger partial charge in [-0.1, -0.05) is 42.8 Å². The molecule has 0 unspecified atom stereocenters. The van der Waals surface area contributed by atoms with Crippen LogP contribution in [0.4, 0.5) is 17.1 Å². The summed E-state index contributed by atoms with van der Waals surface area (Å²) in [6, 6.07) is 19.3. The third-order valence-corrected chi connectivity index (χ3v) is 4.68. The first-order valence-corrected chi connectivity index (χ1v) is 9.55. The first kappa shape index (κ1) is 20.4. The van der Waals surface area contributed by atoms with Crippen molar-refractivity contribution >= 4 is 34.6 Å². The number of amides is 1. The van der Waals surface area contributed by atoms with E-state index in [0.717, 1.165) is 29.8 Å². The van der Waals surface area contributed by atoms with Crippen molar-refractivity contribution in [2.45, 2.75) is 13.3 Å². The minimum Gasteiger partial charge on any atom is -0.385 e. The van der Waals surface area contributed by atoms with Gasteiger partial charge in [0.15, 0.2) is 0 Å². The molecule has 0 aromatic heterocycles. The molecule has 1 amide bonds. The summed E-state index contributed by atoms with van der Waals surface area (Å²) in [5, 5.41) is 17.1. The molecule has 3 aromatic carbocycles. The Labute approximate surface area is 173 Å². The van der Waals surface area contributed by atoms with Crippen LogP contribution in [0, 0.1) is 10.1 Å². The minimum atomic E-state index is -0.565. The van der Waals surface area contributed by atoms with Crippen LogP contribution in [-0.2, 0) is 0 Å². The Morgan fingerprint density at radius 1 is 0.966 bits per heavy atom. The highest BCUT2D eigenvalue weighted by molar-refractivity contribution is 6.34. The van der Waals surface area contributed by atoms with E-state index in [1.54, 1.807) is 12.1 Å². The van der Waals surface area contributed by atoms with Crippen LogP contribution in [-0.4, -0.2) is 17.4 Å². The Bertz CT molecular complexity index is 1020. The zero-order valence-electron chi connectivity index (χ0n) is 15.8. The molecule has 0 fully saturated rings. The van der Waals surface area contributed by atoms with Gasteiger partial charge in [0.1, 0.15) is 0 Å². The average Bonchev–Trinajstić information content (AvgIpc) is 2.73. The normalized spacial score (nSPS) is 10.4. The average molecular weight is 410 g/mol. The van der Waals surface area contributed by atoms with Gasteiger partial charge in [-0.25, -0.2) is 0 Å². The summed E-state index contributed by atoms with van der Waals surface area (Å²) in [6.07, 6.45) is 1.07. The topological polar surface area (TPSA) is 84.3 Å². The maximum absolute atomic E-state index is 12.5. The lowest BCUT2D eigenvalue weighted by atomic mass is 10.0. The van der Waals surface area contributed by atoms with Gasteiger partial charge in [-0.3, -0.25) is 14.9 Å². The van der Waals surface area contributed by atoms with Crippen LogP contribution in [0.1, 0.15) is 23.7 Å². The standard InChI is InChI=1S/C22H20ClN3O3/c1-2-13-24-17-7-3-15(4-8-17)16-5-9-18(10-6-16)25-22(27)20-14-19(26(28)29)11-12-21(20)23/h3-12,14,24H,2,13H2,1H3,(H,25,27). The predicted molar refractivity (Wildman–Crippen MR) is 117 cm³/mol. The van der Waals surface area contributed by atoms with Crippen molar-refractivity contribution in [3.05, 3.63) is 87.4 Å². The van der Waals surface area contributed by atoms with Gasteiger partial charge in [0, 0.05) is 30.1 Å². The van der Waals surface area contributed by atoms with E-state index < -0.39 is 10.8 Å². The number of carbonyl (C=O) groups excluding carboxylic acids is 1. The van der Waals surface area contributed by atoms with E-state index in [4.69, 9.17) is 11.6 Å². The van der Waals surface area contributed by atoms with E-state index in [-0.39, 0.29) is 16.3 Å². The molecule has 0 heterocycles. The van der Waals surface area contributed by atoms with Crippen LogP contribution < -0.4 is 10.6 Å². The number of hydrogen-bond donors (Lipinski definition) is 2. The Morgan fingerprint density at radius 2 is 1.55 bits per heavy atom. The smallest absolute Gasteiger partial charge is 0.270 e. The van der Waals surface area contributed by atoms with E-state index in [2.05, 4.69) is 17.6 Å². The van der Waals surface area contributed by atoms with E-state index >= 15 is 0 Å². The van der Waals surface area contributed by atoms with E-state index in [1.807, 2.05) is 36.4 Å². The van der Waals surface area contributed by atoms with Gasteiger partial charge in [0.2, 0.25) is 0 Å². The Morgan fingerprint density at radius 3 is 2.10 bits per heavy atom. The van der Waals surface area contributed by atoms with Crippen molar-refractivity contribution in [3.63, 3.8) is 0 Å². The predicted octanol–water partition coefficient (Wildman–Crippen LogP) is 5.99. The molecule has 0 bridgehead atoms. The number of carbonyl (C=O) groups is 1. The molecule has 0 atom stereocenters. The highest BCUT2D eigenvalue weighted by atomic mass is 35.5. The van der Waals surface area contributed by atoms with Crippen molar-refractivity contribution in [1.29, 1.82) is 0 Å². The summed E-state index contributed by atoms with van der Waals surface area (Å²) >= 11 is 6.02. The third kappa shape index (κ3) is 5.12. The number of benzene rings is 3. The van der Waals surface area contributed by atoms with Crippen molar-refractivity contribution in [1.82, 2.24) is 0 Å². The Hall–Kier alpha value is -3.38. The molecule has 0 spiro atoms. The number of rotatable bonds is 7. The summed E-state index contributed by atoms with van der Waals surface area (Å²) in [7, 11) is 0. The van der Waals surface area contributed by atoms with Crippen molar-refractivity contribution < 1.29 is 9.72 Å². The molecule has 0 saturated carbocycles. The molecule has 29 heavy (non-hydrogen) atoms. The van der Waals surface area contributed by atoms with Gasteiger partial charge < -0.3 is 10.6 Å². The second-order valence-corrected chi connectivity index (χ2v) is 6.86. The van der Waals surface area contributed by atoms with Gasteiger partial charge in [-0.2, -0.15) is 0 Å². The molecule has 0 aliphatic heterocycles. The zero-order chi connectivity index (χ0) is 20.8. The largest absolute Gasteiger partial charge is 0.385 e. The molecule has 148 valence electrons. The van der Waals surface area contributed by atoms with Crippen LogP contribution in [0.5, 0.6) is 0 Å². The van der Waals surface area contributed by atoms with E-state index in [9.17, 15) is 14.9 Å². The van der Waals surface area contributed by atoms with Gasteiger partial charge in [0.05, 0.1) is 15.5 Å². The number of nitrogens with zero attached hydrogens (tertiary/aromatic N) is 1. The molecular weight excluding hydrogens is 390 g/mol. The summed E-state index contributed by atoms with van der Waals surface area (Å²) < 4.78 is 0. The number of hydrogen-bond acceptors (Lipinski definition) is 4. The minimum absolute atomic E-state index is 0.0557. The number of anilines is 2. The number of non-ortho nitro benzene ring substituents is 1. The first-order chi connectivity index (χ1) is 14.0. The Balaban J connectivity index is 1.71. The molecular formula is C22H20ClN3O3. The molecule has 7 heteroatoms. The van der Waals surface area contributed by atoms with Crippen molar-refractivity contribution in [3.8, 4) is 11.1 Å². The number of nitrogens with one attached hydrogen (secondary N) is 2. The summed E-state index contributed by atoms with van der Waals surface area (Å²) in [5.41, 5.74) is 3.59.